The van der Waals surface area contributed by atoms with Gasteiger partial charge in [-0.3, -0.25) is 9.59 Å². The number of nitrogens with one attached hydrogen (secondary N) is 2. The maximum absolute atomic E-state index is 12.7. The first kappa shape index (κ1) is 21.3. The molecule has 154 valence electrons. The number of anilines is 1. The van der Waals surface area contributed by atoms with Crippen molar-refractivity contribution in [2.24, 2.45) is 0 Å². The molecular formula is C26H28N2O2. The summed E-state index contributed by atoms with van der Waals surface area (Å²) >= 11 is 0. The molecule has 0 aromatic heterocycles. The highest BCUT2D eigenvalue weighted by Crippen LogP contribution is 2.23. The molecule has 0 radical (unpaired) electrons. The van der Waals surface area contributed by atoms with E-state index >= 15 is 0 Å². The first-order chi connectivity index (χ1) is 14.2. The molecule has 30 heavy (non-hydrogen) atoms. The number of rotatable bonds is 5. The van der Waals surface area contributed by atoms with Gasteiger partial charge in [-0.25, -0.2) is 0 Å². The van der Waals surface area contributed by atoms with Gasteiger partial charge in [0.2, 0.25) is 0 Å². The van der Waals surface area contributed by atoms with Gasteiger partial charge in [0.05, 0.1) is 11.3 Å². The van der Waals surface area contributed by atoms with Crippen LogP contribution in [0.3, 0.4) is 0 Å². The summed E-state index contributed by atoms with van der Waals surface area (Å²) in [7, 11) is 0. The molecule has 3 rings (SSSR count). The highest BCUT2D eigenvalue weighted by Gasteiger charge is 2.16. The third-order valence-electron chi connectivity index (χ3n) is 5.01. The average Bonchev–Trinajstić information content (AvgIpc) is 2.73. The second-order valence-corrected chi connectivity index (χ2v) is 8.50. The van der Waals surface area contributed by atoms with Gasteiger partial charge in [0.1, 0.15) is 0 Å². The normalized spacial score (nSPS) is 11.1. The minimum absolute atomic E-state index is 0.0249. The third kappa shape index (κ3) is 5.35. The van der Waals surface area contributed by atoms with Crippen molar-refractivity contribution in [3.8, 4) is 0 Å². The molecule has 0 bridgehead atoms. The van der Waals surface area contributed by atoms with Gasteiger partial charge in [-0.15, -0.1) is 0 Å². The third-order valence-corrected chi connectivity index (χ3v) is 5.01. The molecule has 0 heterocycles. The molecule has 4 heteroatoms. The second-order valence-electron chi connectivity index (χ2n) is 8.50. The number of amides is 2. The zero-order chi connectivity index (χ0) is 21.7. The van der Waals surface area contributed by atoms with Crippen LogP contribution in [-0.4, -0.2) is 11.8 Å². The molecule has 3 aromatic carbocycles. The molecule has 0 unspecified atom stereocenters. The fourth-order valence-electron chi connectivity index (χ4n) is 3.09. The van der Waals surface area contributed by atoms with Gasteiger partial charge in [-0.2, -0.15) is 0 Å². The number of para-hydroxylation sites is 1. The van der Waals surface area contributed by atoms with Crippen LogP contribution in [-0.2, 0) is 12.0 Å². The van der Waals surface area contributed by atoms with Gasteiger partial charge in [-0.05, 0) is 47.7 Å². The lowest BCUT2D eigenvalue weighted by Crippen LogP contribution is -2.25. The monoisotopic (exact) mass is 400 g/mol. The van der Waals surface area contributed by atoms with Crippen LogP contribution in [0.2, 0.25) is 0 Å². The minimum Gasteiger partial charge on any atom is -0.348 e. The Balaban J connectivity index is 1.70. The van der Waals surface area contributed by atoms with E-state index in [0.29, 0.717) is 23.4 Å². The van der Waals surface area contributed by atoms with E-state index in [0.717, 1.165) is 11.1 Å². The van der Waals surface area contributed by atoms with E-state index in [9.17, 15) is 9.59 Å². The highest BCUT2D eigenvalue weighted by atomic mass is 16.2. The summed E-state index contributed by atoms with van der Waals surface area (Å²) in [6, 6.07) is 22.6. The van der Waals surface area contributed by atoms with E-state index in [1.165, 1.54) is 5.56 Å². The molecule has 0 fully saturated rings. The topological polar surface area (TPSA) is 58.2 Å². The summed E-state index contributed by atoms with van der Waals surface area (Å²) in [5.74, 6) is -0.469. The Kier molecular flexibility index (Phi) is 6.36. The number of benzene rings is 3. The summed E-state index contributed by atoms with van der Waals surface area (Å²) in [6.07, 6.45) is 0. The van der Waals surface area contributed by atoms with Crippen molar-refractivity contribution in [3.63, 3.8) is 0 Å². The first-order valence-corrected chi connectivity index (χ1v) is 10.1. The fourth-order valence-corrected chi connectivity index (χ4v) is 3.09. The quantitative estimate of drug-likeness (QED) is 0.596. The van der Waals surface area contributed by atoms with Crippen molar-refractivity contribution in [1.82, 2.24) is 5.32 Å². The Morgan fingerprint density at radius 1 is 0.800 bits per heavy atom. The first-order valence-electron chi connectivity index (χ1n) is 10.1. The molecule has 0 saturated heterocycles. The minimum atomic E-state index is -0.241. The number of carbonyl (C=O) groups is 2. The number of aryl methyl sites for hydroxylation is 1. The van der Waals surface area contributed by atoms with E-state index in [1.54, 1.807) is 24.3 Å². The molecule has 3 aromatic rings. The van der Waals surface area contributed by atoms with Crippen molar-refractivity contribution in [2.75, 3.05) is 5.32 Å². The summed E-state index contributed by atoms with van der Waals surface area (Å²) < 4.78 is 0. The molecule has 0 aliphatic carbocycles. The van der Waals surface area contributed by atoms with Crippen molar-refractivity contribution in [3.05, 3.63) is 101 Å². The molecule has 2 N–H and O–H groups in total. The van der Waals surface area contributed by atoms with E-state index < -0.39 is 0 Å². The van der Waals surface area contributed by atoms with Crippen molar-refractivity contribution < 1.29 is 9.59 Å². The zero-order valence-corrected chi connectivity index (χ0v) is 18.0. The average molecular weight is 401 g/mol. The molecule has 4 nitrogen and oxygen atoms in total. The van der Waals surface area contributed by atoms with E-state index in [-0.39, 0.29) is 17.2 Å². The van der Waals surface area contributed by atoms with Crippen LogP contribution in [0.5, 0.6) is 0 Å². The lowest BCUT2D eigenvalue weighted by Gasteiger charge is -2.19. The molecule has 0 aliphatic rings. The molecule has 0 saturated carbocycles. The maximum Gasteiger partial charge on any atom is 0.255 e. The van der Waals surface area contributed by atoms with Crippen LogP contribution in [0.1, 0.15) is 58.2 Å². The van der Waals surface area contributed by atoms with Crippen LogP contribution in [0.25, 0.3) is 0 Å². The van der Waals surface area contributed by atoms with E-state index in [2.05, 4.69) is 31.4 Å². The van der Waals surface area contributed by atoms with Gasteiger partial charge in [-0.1, -0.05) is 74.9 Å². The number of carbonyl (C=O) groups excluding carboxylic acids is 2. The van der Waals surface area contributed by atoms with Crippen LogP contribution < -0.4 is 10.6 Å². The van der Waals surface area contributed by atoms with Crippen LogP contribution in [0, 0.1) is 6.92 Å². The lowest BCUT2D eigenvalue weighted by molar-refractivity contribution is 0.0952. The summed E-state index contributed by atoms with van der Waals surface area (Å²) in [6.45, 7) is 8.85. The SMILES string of the molecule is Cc1ccc(CNC(=O)c2ccccc2NC(=O)c2ccc(C(C)(C)C)cc2)cc1. The molecule has 0 aliphatic heterocycles. The van der Waals surface area contributed by atoms with Gasteiger partial charge in [0.15, 0.2) is 0 Å². The van der Waals surface area contributed by atoms with Crippen LogP contribution >= 0.6 is 0 Å². The van der Waals surface area contributed by atoms with Gasteiger partial charge in [0, 0.05) is 12.1 Å². The van der Waals surface area contributed by atoms with Gasteiger partial charge in [0.25, 0.3) is 11.8 Å². The van der Waals surface area contributed by atoms with Crippen molar-refractivity contribution in [1.29, 1.82) is 0 Å². The smallest absolute Gasteiger partial charge is 0.255 e. The molecule has 2 amide bonds. The predicted molar refractivity (Wildman–Crippen MR) is 122 cm³/mol. The predicted octanol–water partition coefficient (Wildman–Crippen LogP) is 5.47. The Labute approximate surface area is 178 Å². The largest absolute Gasteiger partial charge is 0.348 e. The van der Waals surface area contributed by atoms with Gasteiger partial charge >= 0.3 is 0 Å². The van der Waals surface area contributed by atoms with Gasteiger partial charge < -0.3 is 10.6 Å². The van der Waals surface area contributed by atoms with E-state index in [1.807, 2.05) is 55.5 Å². The Morgan fingerprint density at radius 3 is 2.07 bits per heavy atom. The highest BCUT2D eigenvalue weighted by molar-refractivity contribution is 6.09. The summed E-state index contributed by atoms with van der Waals surface area (Å²) in [5.41, 5.74) is 4.86. The molecule has 0 atom stereocenters. The van der Waals surface area contributed by atoms with Crippen LogP contribution in [0.4, 0.5) is 5.69 Å². The van der Waals surface area contributed by atoms with Crippen molar-refractivity contribution in [2.45, 2.75) is 39.7 Å². The lowest BCUT2D eigenvalue weighted by atomic mass is 9.86. The molecular weight excluding hydrogens is 372 g/mol. The fraction of sp³-hybridized carbons (Fsp3) is 0.231. The van der Waals surface area contributed by atoms with Crippen molar-refractivity contribution >= 4 is 17.5 Å². The Morgan fingerprint density at radius 2 is 1.43 bits per heavy atom. The Bertz CT molecular complexity index is 1030. The van der Waals surface area contributed by atoms with Crippen LogP contribution in [0.15, 0.2) is 72.8 Å². The summed E-state index contributed by atoms with van der Waals surface area (Å²) in [5, 5.41) is 5.79. The van der Waals surface area contributed by atoms with E-state index in [4.69, 9.17) is 0 Å². The standard InChI is InChI=1S/C26H28N2O2/c1-18-9-11-19(12-10-18)17-27-25(30)22-7-5-6-8-23(22)28-24(29)20-13-15-21(16-14-20)26(2,3)4/h5-16H,17H2,1-4H3,(H,27,30)(H,28,29). The summed E-state index contributed by atoms with van der Waals surface area (Å²) in [4.78, 5) is 25.4. The molecule has 0 spiro atoms. The maximum atomic E-state index is 12.7. The zero-order valence-electron chi connectivity index (χ0n) is 18.0. The Hall–Kier alpha value is -3.40. The number of hydrogen-bond acceptors (Lipinski definition) is 2. The second kappa shape index (κ2) is 8.95. The number of hydrogen-bond donors (Lipinski definition) is 2.